The summed E-state index contributed by atoms with van der Waals surface area (Å²) in [5.41, 5.74) is 2.23. The second-order valence-corrected chi connectivity index (χ2v) is 6.64. The van der Waals surface area contributed by atoms with E-state index in [4.69, 9.17) is 16.0 Å². The van der Waals surface area contributed by atoms with Crippen molar-refractivity contribution in [2.24, 2.45) is 0 Å². The van der Waals surface area contributed by atoms with Crippen LogP contribution in [-0.4, -0.2) is 20.2 Å². The van der Waals surface area contributed by atoms with Gasteiger partial charge in [0.25, 0.3) is 11.8 Å². The summed E-state index contributed by atoms with van der Waals surface area (Å²) in [7, 11) is 0. The predicted molar refractivity (Wildman–Crippen MR) is 91.0 cm³/mol. The lowest BCUT2D eigenvalue weighted by atomic mass is 10.0. The fourth-order valence-electron chi connectivity index (χ4n) is 2.75. The molecule has 3 aromatic rings. The number of hydrogen-bond acceptors (Lipinski definition) is 6. The van der Waals surface area contributed by atoms with Crippen molar-refractivity contribution in [3.05, 3.63) is 52.6 Å². The van der Waals surface area contributed by atoms with E-state index >= 15 is 0 Å². The van der Waals surface area contributed by atoms with E-state index in [-0.39, 0.29) is 11.4 Å². The first kappa shape index (κ1) is 16.8. The van der Waals surface area contributed by atoms with Crippen molar-refractivity contribution in [1.82, 2.24) is 20.2 Å². The molecule has 1 aliphatic rings. The zero-order chi connectivity index (χ0) is 18.3. The molecule has 0 saturated heterocycles. The van der Waals surface area contributed by atoms with Gasteiger partial charge in [-0.15, -0.1) is 10.2 Å². The molecule has 0 bridgehead atoms. The third-order valence-corrected chi connectivity index (χ3v) is 4.59. The molecule has 0 unspecified atom stereocenters. The molecule has 1 fully saturated rings. The first-order chi connectivity index (χ1) is 12.5. The topological polar surface area (TPSA) is 76.7 Å². The lowest BCUT2D eigenvalue weighted by Crippen LogP contribution is -2.21. The van der Waals surface area contributed by atoms with Crippen molar-refractivity contribution < 1.29 is 13.2 Å². The van der Waals surface area contributed by atoms with Crippen molar-refractivity contribution in [3.63, 3.8) is 0 Å². The Bertz CT molecular complexity index is 941. The van der Waals surface area contributed by atoms with Crippen LogP contribution in [0.15, 0.2) is 35.0 Å². The SMILES string of the molecule is Cc1ccc(Cl)c(C2(Nc3ncc(-c4nnc(C(F)F)o4)cn3)CC2)c1. The Balaban J connectivity index is 1.55. The minimum Gasteiger partial charge on any atom is -0.415 e. The third kappa shape index (κ3) is 3.12. The number of aryl methyl sites for hydroxylation is 1. The van der Waals surface area contributed by atoms with E-state index in [1.807, 2.05) is 19.1 Å². The number of rotatable bonds is 5. The maximum atomic E-state index is 12.5. The molecule has 0 aliphatic heterocycles. The van der Waals surface area contributed by atoms with Crippen LogP contribution in [-0.2, 0) is 5.54 Å². The number of alkyl halides is 2. The fraction of sp³-hybridized carbons (Fsp3) is 0.294. The summed E-state index contributed by atoms with van der Waals surface area (Å²) in [6.07, 6.45) is 1.93. The normalized spacial score (nSPS) is 15.3. The number of hydrogen-bond donors (Lipinski definition) is 1. The molecule has 0 atom stereocenters. The summed E-state index contributed by atoms with van der Waals surface area (Å²) in [4.78, 5) is 8.46. The molecule has 0 amide bonds. The summed E-state index contributed by atoms with van der Waals surface area (Å²) in [6, 6.07) is 5.90. The minimum atomic E-state index is -2.81. The molecular formula is C17H14ClF2N5O. The van der Waals surface area contributed by atoms with Crippen LogP contribution in [0.25, 0.3) is 11.5 Å². The molecule has 1 aliphatic carbocycles. The highest BCUT2D eigenvalue weighted by Crippen LogP contribution is 2.50. The molecule has 1 aromatic carbocycles. The Morgan fingerprint density at radius 3 is 2.54 bits per heavy atom. The summed E-state index contributed by atoms with van der Waals surface area (Å²) in [5, 5.41) is 10.9. The van der Waals surface area contributed by atoms with E-state index in [2.05, 4.69) is 31.5 Å². The molecule has 2 heterocycles. The summed E-state index contributed by atoms with van der Waals surface area (Å²) >= 11 is 6.35. The van der Waals surface area contributed by atoms with Gasteiger partial charge in [-0.1, -0.05) is 29.3 Å². The maximum absolute atomic E-state index is 12.5. The predicted octanol–water partition coefficient (Wildman–Crippen LogP) is 4.53. The lowest BCUT2D eigenvalue weighted by molar-refractivity contribution is 0.116. The second kappa shape index (κ2) is 6.28. The fourth-order valence-corrected chi connectivity index (χ4v) is 3.05. The van der Waals surface area contributed by atoms with Gasteiger partial charge < -0.3 is 9.73 Å². The van der Waals surface area contributed by atoms with Crippen molar-refractivity contribution in [1.29, 1.82) is 0 Å². The van der Waals surface area contributed by atoms with E-state index < -0.39 is 12.3 Å². The van der Waals surface area contributed by atoms with E-state index in [9.17, 15) is 8.78 Å². The average Bonchev–Trinajstić information content (AvgIpc) is 3.22. The molecule has 2 aromatic heterocycles. The van der Waals surface area contributed by atoms with Gasteiger partial charge in [0.15, 0.2) is 0 Å². The Kier molecular flexibility index (Phi) is 4.07. The number of benzene rings is 1. The highest BCUT2D eigenvalue weighted by molar-refractivity contribution is 6.31. The first-order valence-electron chi connectivity index (χ1n) is 7.96. The van der Waals surface area contributed by atoms with Gasteiger partial charge in [-0.05, 0) is 31.4 Å². The monoisotopic (exact) mass is 377 g/mol. The number of nitrogens with one attached hydrogen (secondary N) is 1. The average molecular weight is 378 g/mol. The molecule has 9 heteroatoms. The number of anilines is 1. The molecule has 0 radical (unpaired) electrons. The molecular weight excluding hydrogens is 364 g/mol. The van der Waals surface area contributed by atoms with E-state index in [0.717, 1.165) is 24.0 Å². The van der Waals surface area contributed by atoms with E-state index in [1.54, 1.807) is 0 Å². The van der Waals surface area contributed by atoms with Gasteiger partial charge in [-0.2, -0.15) is 8.78 Å². The van der Waals surface area contributed by atoms with Gasteiger partial charge in [0.2, 0.25) is 5.95 Å². The van der Waals surface area contributed by atoms with Gasteiger partial charge in [0.1, 0.15) is 0 Å². The van der Waals surface area contributed by atoms with Crippen LogP contribution in [0.2, 0.25) is 5.02 Å². The van der Waals surface area contributed by atoms with Crippen molar-refractivity contribution >= 4 is 17.5 Å². The summed E-state index contributed by atoms with van der Waals surface area (Å²) in [6.45, 7) is 2.01. The Hall–Kier alpha value is -2.61. The van der Waals surface area contributed by atoms with Gasteiger partial charge in [0.05, 0.1) is 11.1 Å². The Labute approximate surface area is 152 Å². The zero-order valence-corrected chi connectivity index (χ0v) is 14.5. The van der Waals surface area contributed by atoms with Gasteiger partial charge in [0, 0.05) is 17.4 Å². The van der Waals surface area contributed by atoms with E-state index in [0.29, 0.717) is 16.5 Å². The molecule has 1 N–H and O–H groups in total. The van der Waals surface area contributed by atoms with Gasteiger partial charge >= 0.3 is 6.43 Å². The van der Waals surface area contributed by atoms with Crippen LogP contribution >= 0.6 is 11.6 Å². The van der Waals surface area contributed by atoms with Crippen LogP contribution in [0.1, 0.15) is 36.3 Å². The second-order valence-electron chi connectivity index (χ2n) is 6.23. The number of halogens is 3. The van der Waals surface area contributed by atoms with Crippen molar-refractivity contribution in [2.45, 2.75) is 31.7 Å². The highest BCUT2D eigenvalue weighted by Gasteiger charge is 2.46. The smallest absolute Gasteiger partial charge is 0.314 e. The van der Waals surface area contributed by atoms with Crippen LogP contribution in [0.4, 0.5) is 14.7 Å². The summed E-state index contributed by atoms with van der Waals surface area (Å²) < 4.78 is 29.9. The number of aromatic nitrogens is 4. The van der Waals surface area contributed by atoms with Crippen LogP contribution in [0.5, 0.6) is 0 Å². The van der Waals surface area contributed by atoms with Gasteiger partial charge in [-0.25, -0.2) is 9.97 Å². The molecule has 134 valence electrons. The molecule has 0 spiro atoms. The van der Waals surface area contributed by atoms with E-state index in [1.165, 1.54) is 12.4 Å². The van der Waals surface area contributed by atoms with Crippen molar-refractivity contribution in [2.75, 3.05) is 5.32 Å². The minimum absolute atomic E-state index is 0.0466. The van der Waals surface area contributed by atoms with Crippen LogP contribution in [0.3, 0.4) is 0 Å². The Morgan fingerprint density at radius 2 is 1.92 bits per heavy atom. The van der Waals surface area contributed by atoms with Gasteiger partial charge in [-0.3, -0.25) is 0 Å². The molecule has 4 rings (SSSR count). The lowest BCUT2D eigenvalue weighted by Gasteiger charge is -2.19. The molecule has 1 saturated carbocycles. The first-order valence-corrected chi connectivity index (χ1v) is 8.33. The Morgan fingerprint density at radius 1 is 1.19 bits per heavy atom. The highest BCUT2D eigenvalue weighted by atomic mass is 35.5. The van der Waals surface area contributed by atoms with Crippen molar-refractivity contribution in [3.8, 4) is 11.5 Å². The maximum Gasteiger partial charge on any atom is 0.314 e. The zero-order valence-electron chi connectivity index (χ0n) is 13.7. The molecule has 6 nitrogen and oxygen atoms in total. The third-order valence-electron chi connectivity index (χ3n) is 4.26. The standard InChI is InChI=1S/C17H14ClF2N5O/c1-9-2-3-12(18)11(6-9)17(4-5-17)23-16-21-7-10(8-22-16)14-24-25-15(26-14)13(19)20/h2-3,6-8,13H,4-5H2,1H3,(H,21,22,23). The largest absolute Gasteiger partial charge is 0.415 e. The number of nitrogens with zero attached hydrogens (tertiary/aromatic N) is 4. The van der Waals surface area contributed by atoms with Crippen LogP contribution < -0.4 is 5.32 Å². The quantitative estimate of drug-likeness (QED) is 0.704. The van der Waals surface area contributed by atoms with Crippen LogP contribution in [0, 0.1) is 6.92 Å². The summed E-state index contributed by atoms with van der Waals surface area (Å²) in [5.74, 6) is -0.361. The molecule has 26 heavy (non-hydrogen) atoms.